The Labute approximate surface area is 75.0 Å². The van der Waals surface area contributed by atoms with Crippen molar-refractivity contribution >= 4 is 12.3 Å². The molecule has 1 amide bonds. The molecule has 0 bridgehead atoms. The molecular weight excluding hydrogens is 172 g/mol. The minimum absolute atomic E-state index is 0.603. The minimum Gasteiger partial charge on any atom is -0.452 e. The first kappa shape index (κ1) is 9.24. The van der Waals surface area contributed by atoms with Gasteiger partial charge in [0.05, 0.1) is 25.2 Å². The first-order valence-electron chi connectivity index (χ1n) is 3.61. The Morgan fingerprint density at radius 2 is 2.62 bits per heavy atom. The van der Waals surface area contributed by atoms with E-state index in [1.165, 1.54) is 13.3 Å². The molecule has 0 atom stereocenters. The summed E-state index contributed by atoms with van der Waals surface area (Å²) in [7, 11) is 1.27. The molecule has 2 N–H and O–H groups in total. The number of hydrazone groups is 1. The molecule has 0 aromatic carbocycles. The van der Waals surface area contributed by atoms with Gasteiger partial charge in [0.2, 0.25) is 0 Å². The highest BCUT2D eigenvalue weighted by molar-refractivity contribution is 5.79. The Bertz CT molecular complexity index is 318. The third kappa shape index (κ3) is 2.58. The van der Waals surface area contributed by atoms with E-state index in [0.29, 0.717) is 0 Å². The first-order chi connectivity index (χ1) is 6.24. The fraction of sp³-hybridized carbons (Fsp3) is 0.286. The van der Waals surface area contributed by atoms with Gasteiger partial charge < -0.3 is 4.74 Å². The molecule has 0 aliphatic rings. The highest BCUT2D eigenvalue weighted by Gasteiger charge is 1.96. The van der Waals surface area contributed by atoms with Crippen LogP contribution in [0.25, 0.3) is 0 Å². The SMILES string of the molecule is COC(=O)N/N=C/c1[nH]ncc1C. The van der Waals surface area contributed by atoms with Crippen molar-refractivity contribution in [2.24, 2.45) is 5.10 Å². The number of nitrogens with one attached hydrogen (secondary N) is 2. The molecule has 0 saturated carbocycles. The second-order valence-electron chi connectivity index (χ2n) is 2.33. The van der Waals surface area contributed by atoms with E-state index in [-0.39, 0.29) is 0 Å². The molecule has 0 unspecified atom stereocenters. The summed E-state index contributed by atoms with van der Waals surface area (Å²) in [6.45, 7) is 1.88. The van der Waals surface area contributed by atoms with Crippen molar-refractivity contribution in [1.29, 1.82) is 0 Å². The lowest BCUT2D eigenvalue weighted by Gasteiger charge is -1.94. The van der Waals surface area contributed by atoms with E-state index in [2.05, 4.69) is 25.5 Å². The highest BCUT2D eigenvalue weighted by atomic mass is 16.5. The van der Waals surface area contributed by atoms with Gasteiger partial charge in [0.15, 0.2) is 0 Å². The number of hydrogen-bond donors (Lipinski definition) is 2. The summed E-state index contributed by atoms with van der Waals surface area (Å²) < 4.78 is 4.31. The zero-order valence-electron chi connectivity index (χ0n) is 7.37. The number of nitrogens with zero attached hydrogens (tertiary/aromatic N) is 2. The molecule has 6 nitrogen and oxygen atoms in total. The van der Waals surface area contributed by atoms with E-state index < -0.39 is 6.09 Å². The van der Waals surface area contributed by atoms with Gasteiger partial charge in [-0.05, 0) is 12.5 Å². The molecule has 0 aliphatic heterocycles. The molecule has 0 saturated heterocycles. The number of amides is 1. The van der Waals surface area contributed by atoms with Crippen LogP contribution in [0.1, 0.15) is 11.3 Å². The average molecular weight is 182 g/mol. The Balaban J connectivity index is 2.50. The zero-order chi connectivity index (χ0) is 9.68. The lowest BCUT2D eigenvalue weighted by atomic mass is 10.3. The van der Waals surface area contributed by atoms with Gasteiger partial charge in [-0.3, -0.25) is 5.10 Å². The van der Waals surface area contributed by atoms with Crippen molar-refractivity contribution < 1.29 is 9.53 Å². The second-order valence-corrected chi connectivity index (χ2v) is 2.33. The van der Waals surface area contributed by atoms with Crippen molar-refractivity contribution in [2.75, 3.05) is 7.11 Å². The summed E-state index contributed by atoms with van der Waals surface area (Å²) in [5.41, 5.74) is 3.86. The Hall–Kier alpha value is -1.85. The molecule has 13 heavy (non-hydrogen) atoms. The van der Waals surface area contributed by atoms with Gasteiger partial charge in [-0.2, -0.15) is 10.2 Å². The maximum Gasteiger partial charge on any atom is 0.427 e. The van der Waals surface area contributed by atoms with Crippen LogP contribution < -0.4 is 5.43 Å². The van der Waals surface area contributed by atoms with E-state index in [4.69, 9.17) is 0 Å². The number of aryl methyl sites for hydroxylation is 1. The van der Waals surface area contributed by atoms with Crippen LogP contribution in [0.4, 0.5) is 4.79 Å². The Morgan fingerprint density at radius 3 is 3.15 bits per heavy atom. The number of carbonyl (C=O) groups is 1. The number of aromatic nitrogens is 2. The molecule has 0 spiro atoms. The van der Waals surface area contributed by atoms with Gasteiger partial charge in [-0.1, -0.05) is 0 Å². The molecular formula is C7H10N4O2. The fourth-order valence-electron chi connectivity index (χ4n) is 0.682. The fourth-order valence-corrected chi connectivity index (χ4v) is 0.682. The smallest absolute Gasteiger partial charge is 0.427 e. The minimum atomic E-state index is -0.603. The molecule has 1 aromatic heterocycles. The third-order valence-electron chi connectivity index (χ3n) is 1.40. The van der Waals surface area contributed by atoms with Crippen LogP contribution in [0, 0.1) is 6.92 Å². The number of H-pyrrole nitrogens is 1. The molecule has 1 aromatic rings. The normalized spacial score (nSPS) is 10.3. The molecule has 6 heteroatoms. The summed E-state index contributed by atoms with van der Waals surface area (Å²) in [6.07, 6.45) is 2.52. The average Bonchev–Trinajstić information content (AvgIpc) is 2.52. The number of carbonyl (C=O) groups excluding carboxylic acids is 1. The topological polar surface area (TPSA) is 79.4 Å². The van der Waals surface area contributed by atoms with Gasteiger partial charge in [-0.15, -0.1) is 0 Å². The standard InChI is InChI=1S/C7H10N4O2/c1-5-3-8-10-6(5)4-9-11-7(12)13-2/h3-4H,1-2H3,(H,8,10)(H,11,12)/b9-4+. The summed E-state index contributed by atoms with van der Waals surface area (Å²) in [4.78, 5) is 10.6. The number of rotatable bonds is 2. The van der Waals surface area contributed by atoms with Crippen LogP contribution in [0.3, 0.4) is 0 Å². The van der Waals surface area contributed by atoms with Crippen LogP contribution in [-0.4, -0.2) is 29.6 Å². The van der Waals surface area contributed by atoms with Gasteiger partial charge >= 0.3 is 6.09 Å². The number of aromatic amines is 1. The molecule has 1 heterocycles. The summed E-state index contributed by atoms with van der Waals surface area (Å²) >= 11 is 0. The quantitative estimate of drug-likeness (QED) is 0.513. The predicted octanol–water partition coefficient (Wildman–Crippen LogP) is 0.408. The van der Waals surface area contributed by atoms with Crippen molar-refractivity contribution in [2.45, 2.75) is 6.92 Å². The van der Waals surface area contributed by atoms with Crippen LogP contribution in [-0.2, 0) is 4.74 Å². The van der Waals surface area contributed by atoms with E-state index in [9.17, 15) is 4.79 Å². The molecule has 0 aliphatic carbocycles. The van der Waals surface area contributed by atoms with Crippen molar-refractivity contribution in [3.8, 4) is 0 Å². The van der Waals surface area contributed by atoms with E-state index in [1.807, 2.05) is 6.92 Å². The van der Waals surface area contributed by atoms with Crippen molar-refractivity contribution in [3.63, 3.8) is 0 Å². The van der Waals surface area contributed by atoms with Crippen molar-refractivity contribution in [1.82, 2.24) is 15.6 Å². The maximum absolute atomic E-state index is 10.6. The maximum atomic E-state index is 10.6. The lowest BCUT2D eigenvalue weighted by Crippen LogP contribution is -2.16. The van der Waals surface area contributed by atoms with Gasteiger partial charge in [-0.25, -0.2) is 10.2 Å². The van der Waals surface area contributed by atoms with E-state index in [1.54, 1.807) is 6.20 Å². The number of methoxy groups -OCH3 is 1. The van der Waals surface area contributed by atoms with Gasteiger partial charge in [0, 0.05) is 0 Å². The van der Waals surface area contributed by atoms with E-state index in [0.717, 1.165) is 11.3 Å². The Morgan fingerprint density at radius 1 is 1.85 bits per heavy atom. The summed E-state index contributed by atoms with van der Waals surface area (Å²) in [6, 6.07) is 0. The second kappa shape index (κ2) is 4.24. The Kier molecular flexibility index (Phi) is 3.02. The predicted molar refractivity (Wildman–Crippen MR) is 46.5 cm³/mol. The largest absolute Gasteiger partial charge is 0.452 e. The van der Waals surface area contributed by atoms with Crippen LogP contribution >= 0.6 is 0 Å². The van der Waals surface area contributed by atoms with Crippen LogP contribution in [0.5, 0.6) is 0 Å². The molecule has 0 radical (unpaired) electrons. The van der Waals surface area contributed by atoms with Gasteiger partial charge in [0.1, 0.15) is 0 Å². The van der Waals surface area contributed by atoms with Crippen molar-refractivity contribution in [3.05, 3.63) is 17.5 Å². The van der Waals surface area contributed by atoms with E-state index >= 15 is 0 Å². The van der Waals surface area contributed by atoms with Crippen LogP contribution in [0.15, 0.2) is 11.3 Å². The first-order valence-corrected chi connectivity index (χ1v) is 3.61. The van der Waals surface area contributed by atoms with Crippen LogP contribution in [0.2, 0.25) is 0 Å². The third-order valence-corrected chi connectivity index (χ3v) is 1.40. The summed E-state index contributed by atoms with van der Waals surface area (Å²) in [5, 5.41) is 10.1. The molecule has 70 valence electrons. The molecule has 0 fully saturated rings. The van der Waals surface area contributed by atoms with Gasteiger partial charge in [0.25, 0.3) is 0 Å². The zero-order valence-corrected chi connectivity index (χ0v) is 7.37. The molecule has 1 rings (SSSR count). The summed E-state index contributed by atoms with van der Waals surface area (Å²) in [5.74, 6) is 0. The monoisotopic (exact) mass is 182 g/mol. The number of ether oxygens (including phenoxy) is 1. The lowest BCUT2D eigenvalue weighted by molar-refractivity contribution is 0.171. The number of hydrogen-bond acceptors (Lipinski definition) is 4. The highest BCUT2D eigenvalue weighted by Crippen LogP contribution is 1.96.